The molecule has 0 aromatic heterocycles. The van der Waals surface area contributed by atoms with Crippen molar-refractivity contribution < 1.29 is 4.79 Å². The molecular formula is C7H11NO. The lowest BCUT2D eigenvalue weighted by Gasteiger charge is -2.04. The summed E-state index contributed by atoms with van der Waals surface area (Å²) in [6, 6.07) is 0.186. The van der Waals surface area contributed by atoms with Crippen LogP contribution in [-0.4, -0.2) is 11.9 Å². The van der Waals surface area contributed by atoms with Gasteiger partial charge < -0.3 is 5.32 Å². The van der Waals surface area contributed by atoms with Crippen LogP contribution in [0.15, 0.2) is 0 Å². The van der Waals surface area contributed by atoms with Crippen LogP contribution in [0.1, 0.15) is 20.3 Å². The van der Waals surface area contributed by atoms with Crippen molar-refractivity contribution in [3.05, 3.63) is 0 Å². The maximum absolute atomic E-state index is 10.6. The molecule has 0 aromatic rings. The molecule has 0 fully saturated rings. The summed E-state index contributed by atoms with van der Waals surface area (Å²) in [5.41, 5.74) is 0. The number of nitrogens with one attached hydrogen (secondary N) is 1. The number of hydrogen-bond donors (Lipinski definition) is 1. The van der Waals surface area contributed by atoms with Crippen LogP contribution in [0.4, 0.5) is 0 Å². The molecule has 50 valence electrons. The van der Waals surface area contributed by atoms with Gasteiger partial charge in [0, 0.05) is 6.04 Å². The van der Waals surface area contributed by atoms with E-state index in [1.165, 1.54) is 0 Å². The van der Waals surface area contributed by atoms with Gasteiger partial charge in [-0.2, -0.15) is 0 Å². The number of rotatable bonds is 2. The largest absolute Gasteiger partial charge is 0.353 e. The fraction of sp³-hybridized carbons (Fsp3) is 0.571. The molecular weight excluding hydrogens is 114 g/mol. The van der Waals surface area contributed by atoms with Gasteiger partial charge in [-0.3, -0.25) is 4.79 Å². The van der Waals surface area contributed by atoms with Crippen LogP contribution in [0.2, 0.25) is 0 Å². The van der Waals surface area contributed by atoms with Crippen LogP contribution >= 0.6 is 0 Å². The third-order valence-electron chi connectivity index (χ3n) is 0.712. The van der Waals surface area contributed by atoms with E-state index >= 15 is 0 Å². The number of hydrogen-bond acceptors (Lipinski definition) is 1. The smallest absolute Gasteiger partial charge is 0.232 e. The van der Waals surface area contributed by atoms with Gasteiger partial charge in [-0.15, -0.1) is 6.42 Å². The molecule has 0 aliphatic heterocycles. The predicted molar refractivity (Wildman–Crippen MR) is 36.7 cm³/mol. The Hall–Kier alpha value is -0.970. The van der Waals surface area contributed by atoms with Crippen LogP contribution in [-0.2, 0) is 4.79 Å². The average Bonchev–Trinajstić information content (AvgIpc) is 1.63. The third-order valence-corrected chi connectivity index (χ3v) is 0.712. The van der Waals surface area contributed by atoms with Gasteiger partial charge in [0.05, 0.1) is 6.42 Å². The fourth-order valence-corrected chi connectivity index (χ4v) is 0.466. The molecule has 0 saturated carbocycles. The molecule has 0 heterocycles. The van der Waals surface area contributed by atoms with Crippen molar-refractivity contribution in [1.29, 1.82) is 0 Å². The highest BCUT2D eigenvalue weighted by Crippen LogP contribution is 1.79. The zero-order valence-corrected chi connectivity index (χ0v) is 5.77. The van der Waals surface area contributed by atoms with Gasteiger partial charge in [0.1, 0.15) is 0 Å². The van der Waals surface area contributed by atoms with Crippen LogP contribution in [0.5, 0.6) is 0 Å². The molecule has 2 heteroatoms. The van der Waals surface area contributed by atoms with Crippen LogP contribution in [0.25, 0.3) is 0 Å². The van der Waals surface area contributed by atoms with Crippen LogP contribution in [0, 0.1) is 12.3 Å². The SMILES string of the molecule is C#CCC(=O)NC(C)C. The van der Waals surface area contributed by atoms with Crippen LogP contribution < -0.4 is 5.32 Å². The molecule has 9 heavy (non-hydrogen) atoms. The molecule has 0 bridgehead atoms. The monoisotopic (exact) mass is 125 g/mol. The minimum atomic E-state index is -0.0764. The van der Waals surface area contributed by atoms with Gasteiger partial charge in [0.2, 0.25) is 5.91 Å². The first-order valence-electron chi connectivity index (χ1n) is 2.89. The standard InChI is InChI=1S/C7H11NO/c1-4-5-7(9)8-6(2)3/h1,6H,5H2,2-3H3,(H,8,9). The molecule has 0 radical (unpaired) electrons. The molecule has 0 aromatic carbocycles. The van der Waals surface area contributed by atoms with Crippen LogP contribution in [0.3, 0.4) is 0 Å². The predicted octanol–water partition coefficient (Wildman–Crippen LogP) is 0.534. The summed E-state index contributed by atoms with van der Waals surface area (Å²) in [7, 11) is 0. The van der Waals surface area contributed by atoms with E-state index in [-0.39, 0.29) is 18.4 Å². The molecule has 0 atom stereocenters. The number of amides is 1. The first-order chi connectivity index (χ1) is 4.16. The van der Waals surface area contributed by atoms with E-state index < -0.39 is 0 Å². The van der Waals surface area contributed by atoms with Gasteiger partial charge in [-0.1, -0.05) is 5.92 Å². The van der Waals surface area contributed by atoms with Crippen molar-refractivity contribution in [1.82, 2.24) is 5.32 Å². The Morgan fingerprint density at radius 2 is 2.33 bits per heavy atom. The lowest BCUT2D eigenvalue weighted by molar-refractivity contribution is -0.120. The van der Waals surface area contributed by atoms with Gasteiger partial charge in [-0.05, 0) is 13.8 Å². The molecule has 0 unspecified atom stereocenters. The summed E-state index contributed by atoms with van der Waals surface area (Å²) in [6.45, 7) is 3.79. The number of carbonyl (C=O) groups is 1. The minimum absolute atomic E-state index is 0.0764. The molecule has 2 nitrogen and oxygen atoms in total. The third kappa shape index (κ3) is 4.89. The molecule has 0 aliphatic carbocycles. The normalized spacial score (nSPS) is 8.67. The Labute approximate surface area is 55.6 Å². The fourth-order valence-electron chi connectivity index (χ4n) is 0.466. The maximum atomic E-state index is 10.6. The van der Waals surface area contributed by atoms with Crippen molar-refractivity contribution in [3.8, 4) is 12.3 Å². The van der Waals surface area contributed by atoms with Crippen molar-refractivity contribution in [3.63, 3.8) is 0 Å². The highest BCUT2D eigenvalue weighted by Gasteiger charge is 1.98. The Balaban J connectivity index is 3.42. The highest BCUT2D eigenvalue weighted by atomic mass is 16.1. The minimum Gasteiger partial charge on any atom is -0.353 e. The summed E-state index contributed by atoms with van der Waals surface area (Å²) in [4.78, 5) is 10.6. The van der Waals surface area contributed by atoms with Crippen molar-refractivity contribution in [2.75, 3.05) is 0 Å². The second-order valence-corrected chi connectivity index (χ2v) is 2.10. The van der Waals surface area contributed by atoms with Crippen molar-refractivity contribution >= 4 is 5.91 Å². The Morgan fingerprint density at radius 3 is 2.67 bits per heavy atom. The molecule has 1 N–H and O–H groups in total. The number of terminal acetylenes is 1. The van der Waals surface area contributed by atoms with E-state index in [0.29, 0.717) is 0 Å². The summed E-state index contributed by atoms with van der Waals surface area (Å²) in [5.74, 6) is 2.18. The second-order valence-electron chi connectivity index (χ2n) is 2.10. The molecule has 0 rings (SSSR count). The maximum Gasteiger partial charge on any atom is 0.232 e. The quantitative estimate of drug-likeness (QED) is 0.536. The summed E-state index contributed by atoms with van der Waals surface area (Å²) < 4.78 is 0. The van der Waals surface area contributed by atoms with E-state index in [9.17, 15) is 4.79 Å². The molecule has 0 aliphatic rings. The average molecular weight is 125 g/mol. The second kappa shape index (κ2) is 3.96. The highest BCUT2D eigenvalue weighted by molar-refractivity contribution is 5.78. The van der Waals surface area contributed by atoms with E-state index in [2.05, 4.69) is 11.2 Å². The first kappa shape index (κ1) is 8.03. The topological polar surface area (TPSA) is 29.1 Å². The molecule has 0 saturated heterocycles. The Morgan fingerprint density at radius 1 is 1.78 bits per heavy atom. The van der Waals surface area contributed by atoms with E-state index in [4.69, 9.17) is 6.42 Å². The zero-order chi connectivity index (χ0) is 7.28. The summed E-state index contributed by atoms with van der Waals surface area (Å²) >= 11 is 0. The first-order valence-corrected chi connectivity index (χ1v) is 2.89. The van der Waals surface area contributed by atoms with Crippen molar-refractivity contribution in [2.24, 2.45) is 0 Å². The lowest BCUT2D eigenvalue weighted by atomic mass is 10.3. The van der Waals surface area contributed by atoms with Gasteiger partial charge in [0.25, 0.3) is 0 Å². The summed E-state index contributed by atoms with van der Waals surface area (Å²) in [6.07, 6.45) is 5.07. The Bertz CT molecular complexity index is 132. The zero-order valence-electron chi connectivity index (χ0n) is 5.77. The van der Waals surface area contributed by atoms with Gasteiger partial charge >= 0.3 is 0 Å². The van der Waals surface area contributed by atoms with Crippen molar-refractivity contribution in [2.45, 2.75) is 26.3 Å². The van der Waals surface area contributed by atoms with E-state index in [0.717, 1.165) is 0 Å². The summed E-state index contributed by atoms with van der Waals surface area (Å²) in [5, 5.41) is 2.66. The molecule has 0 spiro atoms. The Kier molecular flexibility index (Phi) is 3.54. The lowest BCUT2D eigenvalue weighted by Crippen LogP contribution is -2.29. The number of carbonyl (C=O) groups excluding carboxylic acids is 1. The van der Waals surface area contributed by atoms with Gasteiger partial charge in [0.15, 0.2) is 0 Å². The van der Waals surface area contributed by atoms with E-state index in [1.807, 2.05) is 13.8 Å². The molecule has 1 amide bonds. The van der Waals surface area contributed by atoms with Gasteiger partial charge in [-0.25, -0.2) is 0 Å². The van der Waals surface area contributed by atoms with E-state index in [1.54, 1.807) is 0 Å².